The molecule has 8 N–H and O–H groups in total. The number of anilines is 3. The zero-order valence-electron chi connectivity index (χ0n) is 36.3. The van der Waals surface area contributed by atoms with Gasteiger partial charge < -0.3 is 50.8 Å². The number of alkyl halides is 3. The summed E-state index contributed by atoms with van der Waals surface area (Å²) in [5.41, 5.74) is 6.45. The van der Waals surface area contributed by atoms with E-state index in [1.807, 2.05) is 19.2 Å². The van der Waals surface area contributed by atoms with Crippen LogP contribution in [0.2, 0.25) is 0 Å². The molecule has 4 atom stereocenters. The average Bonchev–Trinajstić information content (AvgIpc) is 3.97. The number of aromatic hydroxyl groups is 2. The molecule has 3 fully saturated rings. The van der Waals surface area contributed by atoms with Gasteiger partial charge in [-0.1, -0.05) is 6.07 Å². The van der Waals surface area contributed by atoms with Crippen molar-refractivity contribution in [3.8, 4) is 23.3 Å². The molecule has 16 nitrogen and oxygen atoms in total. The van der Waals surface area contributed by atoms with Gasteiger partial charge in [-0.3, -0.25) is 19.6 Å². The summed E-state index contributed by atoms with van der Waals surface area (Å²) in [4.78, 5) is 28.8. The van der Waals surface area contributed by atoms with E-state index >= 15 is 0 Å². The van der Waals surface area contributed by atoms with Crippen molar-refractivity contribution in [3.63, 3.8) is 0 Å². The number of amides is 1. The van der Waals surface area contributed by atoms with Crippen LogP contribution in [0.5, 0.6) is 23.3 Å². The zero-order chi connectivity index (χ0) is 45.7. The predicted molar refractivity (Wildman–Crippen MR) is 235 cm³/mol. The standard InChI is InChI=1S/C45H56F3N9O7/c1-25(27-18-28(45(46,47)48)20-29(49)19-27)50-40-31-21-36(35(63-4)22-32(31)51-26(2)52-40)64-24-44(11-12-44)23-54(3)38(59)10-13-55-14-16-56(17-15-55)33-7-5-6-30-39(33)43(62)57(42(30)61)34-8-9-37(58)53-41(34)60/h5-7,18-22,25,34,37,41,53,58,60-62H,8-17,23-24,49H2,1-4H3,(H,50,51,52)/t25-,34?,37?,41?/m1/s1. The van der Waals surface area contributed by atoms with Crippen LogP contribution >= 0.6 is 0 Å². The number of nitrogens with two attached hydrogens (primary N) is 1. The molecule has 5 aromatic rings. The zero-order valence-corrected chi connectivity index (χ0v) is 36.3. The molecule has 2 saturated heterocycles. The van der Waals surface area contributed by atoms with Gasteiger partial charge in [0.05, 0.1) is 48.0 Å². The number of rotatable bonds is 14. The van der Waals surface area contributed by atoms with E-state index in [1.54, 1.807) is 36.9 Å². The first kappa shape index (κ1) is 44.8. The summed E-state index contributed by atoms with van der Waals surface area (Å²) in [6.45, 7) is 7.54. The molecule has 0 bridgehead atoms. The van der Waals surface area contributed by atoms with Gasteiger partial charge in [-0.2, -0.15) is 13.2 Å². The number of halogens is 3. The van der Waals surface area contributed by atoms with Crippen LogP contribution in [0.3, 0.4) is 0 Å². The number of piperazine rings is 1. The van der Waals surface area contributed by atoms with Gasteiger partial charge in [0.15, 0.2) is 11.5 Å². The van der Waals surface area contributed by atoms with Crippen LogP contribution in [0, 0.1) is 12.3 Å². The maximum Gasteiger partial charge on any atom is 0.416 e. The quantitative estimate of drug-likeness (QED) is 0.0690. The Balaban J connectivity index is 0.867. The molecule has 19 heteroatoms. The van der Waals surface area contributed by atoms with Crippen LogP contribution in [0.1, 0.15) is 68.1 Å². The minimum absolute atomic E-state index is 0.00231. The van der Waals surface area contributed by atoms with Crippen LogP contribution in [0.15, 0.2) is 48.5 Å². The minimum Gasteiger partial charge on any atom is -0.494 e. The fraction of sp³-hybridized carbons (Fsp3) is 0.489. The van der Waals surface area contributed by atoms with E-state index in [0.717, 1.165) is 30.7 Å². The summed E-state index contributed by atoms with van der Waals surface area (Å²) < 4.78 is 54.2. The van der Waals surface area contributed by atoms with E-state index in [9.17, 15) is 38.4 Å². The molecule has 1 aliphatic carbocycles. The molecule has 3 unspecified atom stereocenters. The number of aliphatic hydroxyl groups excluding tert-OH is 2. The number of hydrogen-bond donors (Lipinski definition) is 7. The molecule has 3 aliphatic rings. The Morgan fingerprint density at radius 3 is 2.47 bits per heavy atom. The van der Waals surface area contributed by atoms with Gasteiger partial charge in [-0.05, 0) is 81.5 Å². The van der Waals surface area contributed by atoms with Crippen LogP contribution in [0.25, 0.3) is 21.7 Å². The van der Waals surface area contributed by atoms with Gasteiger partial charge in [0.1, 0.15) is 24.1 Å². The number of benzene rings is 3. The Morgan fingerprint density at radius 2 is 1.78 bits per heavy atom. The van der Waals surface area contributed by atoms with Gasteiger partial charge in [0.25, 0.3) is 0 Å². The monoisotopic (exact) mass is 891 g/mol. The summed E-state index contributed by atoms with van der Waals surface area (Å²) in [6.07, 6.45) is -3.76. The van der Waals surface area contributed by atoms with E-state index in [4.69, 9.17) is 15.2 Å². The van der Waals surface area contributed by atoms with E-state index in [1.165, 1.54) is 17.7 Å². The molecule has 0 spiro atoms. The lowest BCUT2D eigenvalue weighted by atomic mass is 10.0. The lowest BCUT2D eigenvalue weighted by Crippen LogP contribution is -2.48. The highest BCUT2D eigenvalue weighted by Gasteiger charge is 2.45. The number of methoxy groups -OCH3 is 1. The molecule has 0 radical (unpaired) electrons. The maximum atomic E-state index is 13.6. The third-order valence-electron chi connectivity index (χ3n) is 12.9. The summed E-state index contributed by atoms with van der Waals surface area (Å²) in [5.74, 6) is 1.51. The summed E-state index contributed by atoms with van der Waals surface area (Å²) in [5, 5.41) is 50.5. The molecule has 1 saturated carbocycles. The first-order valence-corrected chi connectivity index (χ1v) is 21.6. The highest BCUT2D eigenvalue weighted by molar-refractivity contribution is 6.02. The predicted octanol–water partition coefficient (Wildman–Crippen LogP) is 5.48. The average molecular weight is 892 g/mol. The molecule has 3 aromatic carbocycles. The second-order valence-corrected chi connectivity index (χ2v) is 17.5. The minimum atomic E-state index is -4.55. The highest BCUT2D eigenvalue weighted by atomic mass is 19.4. The van der Waals surface area contributed by atoms with Crippen molar-refractivity contribution in [2.75, 3.05) is 76.0 Å². The first-order chi connectivity index (χ1) is 30.4. The second kappa shape index (κ2) is 17.7. The Hall–Kier alpha value is -5.76. The maximum absolute atomic E-state index is 13.6. The largest absolute Gasteiger partial charge is 0.494 e. The summed E-state index contributed by atoms with van der Waals surface area (Å²) in [6, 6.07) is 11.2. The van der Waals surface area contributed by atoms with Crippen molar-refractivity contribution in [2.24, 2.45) is 5.41 Å². The number of ether oxygens (including phenoxy) is 2. The third-order valence-corrected chi connectivity index (χ3v) is 12.9. The Labute approximate surface area is 368 Å². The normalized spacial score (nSPS) is 20.6. The van der Waals surface area contributed by atoms with Gasteiger partial charge in [-0.25, -0.2) is 9.97 Å². The SMILES string of the molecule is COc1cc2nc(C)nc(N[C@H](C)c3cc(N)cc(C(F)(F)F)c3)c2cc1OCC1(CN(C)C(=O)CCN2CCN(c3cccc4c(O)n(C5CCC(O)NC5O)c(O)c34)CC2)CC1. The number of fused-ring (bicyclic) bond motifs is 2. The molecular weight excluding hydrogens is 836 g/mol. The van der Waals surface area contributed by atoms with Gasteiger partial charge >= 0.3 is 6.18 Å². The lowest BCUT2D eigenvalue weighted by Gasteiger charge is -2.36. The molecule has 4 heterocycles. The van der Waals surface area contributed by atoms with Crippen molar-refractivity contribution in [1.82, 2.24) is 29.7 Å². The molecule has 2 aromatic heterocycles. The number of aromatic nitrogens is 3. The number of carbonyl (C=O) groups excluding carboxylic acids is 1. The van der Waals surface area contributed by atoms with Crippen molar-refractivity contribution in [3.05, 3.63) is 65.5 Å². The number of carbonyl (C=O) groups is 1. The topological polar surface area (TPSA) is 207 Å². The van der Waals surface area contributed by atoms with Crippen molar-refractivity contribution in [2.45, 2.75) is 76.7 Å². The molecular formula is C45H56F3N9O7. The van der Waals surface area contributed by atoms with Crippen molar-refractivity contribution >= 4 is 44.8 Å². The summed E-state index contributed by atoms with van der Waals surface area (Å²) in [7, 11) is 3.35. The molecule has 344 valence electrons. The van der Waals surface area contributed by atoms with Crippen LogP contribution in [-0.2, 0) is 11.0 Å². The van der Waals surface area contributed by atoms with Crippen LogP contribution in [0.4, 0.5) is 30.4 Å². The van der Waals surface area contributed by atoms with Crippen LogP contribution in [-0.4, -0.2) is 123 Å². The van der Waals surface area contributed by atoms with E-state index in [2.05, 4.69) is 30.4 Å². The van der Waals surface area contributed by atoms with E-state index in [-0.39, 0.29) is 28.8 Å². The third kappa shape index (κ3) is 9.25. The number of aliphatic hydroxyl groups is 2. The fourth-order valence-corrected chi connectivity index (χ4v) is 9.06. The Morgan fingerprint density at radius 1 is 1.03 bits per heavy atom. The summed E-state index contributed by atoms with van der Waals surface area (Å²) >= 11 is 0. The fourth-order valence-electron chi connectivity index (χ4n) is 9.06. The highest BCUT2D eigenvalue weighted by Crippen LogP contribution is 2.48. The smallest absolute Gasteiger partial charge is 0.416 e. The number of nitrogens with zero attached hydrogens (tertiary/aromatic N) is 6. The van der Waals surface area contributed by atoms with Crippen molar-refractivity contribution < 1.29 is 47.9 Å². The second-order valence-electron chi connectivity index (χ2n) is 17.5. The Bertz CT molecular complexity index is 2530. The van der Waals surface area contributed by atoms with E-state index < -0.39 is 36.3 Å². The number of nitrogen functional groups attached to an aromatic ring is 1. The first-order valence-electron chi connectivity index (χ1n) is 21.6. The molecule has 8 rings (SSSR count). The molecule has 2 aliphatic heterocycles. The number of nitrogens with one attached hydrogen (secondary N) is 2. The number of piperidine rings is 1. The van der Waals surface area contributed by atoms with Gasteiger partial charge in [0, 0.05) is 80.7 Å². The van der Waals surface area contributed by atoms with Crippen LogP contribution < -0.4 is 30.7 Å². The Kier molecular flexibility index (Phi) is 12.4. The molecule has 64 heavy (non-hydrogen) atoms. The van der Waals surface area contributed by atoms with Crippen molar-refractivity contribution in [1.29, 1.82) is 0 Å². The molecule has 1 amide bonds. The number of aryl methyl sites for hydroxylation is 1. The number of hydrogen-bond acceptors (Lipinski definition) is 14. The van der Waals surface area contributed by atoms with Gasteiger partial charge in [-0.15, -0.1) is 0 Å². The lowest BCUT2D eigenvalue weighted by molar-refractivity contribution is -0.137. The van der Waals surface area contributed by atoms with E-state index in [0.29, 0.717) is 116 Å². The van der Waals surface area contributed by atoms with Gasteiger partial charge in [0.2, 0.25) is 17.7 Å².